The molecule has 0 spiro atoms. The Bertz CT molecular complexity index is 320. The highest BCUT2D eigenvalue weighted by molar-refractivity contribution is 7.92. The highest BCUT2D eigenvalue weighted by Crippen LogP contribution is 2.39. The maximum atomic E-state index is 12.3. The standard InChI is InChI=1S/C13H24O2S/c1-13(9-5-2-6-10-13)11-16(14,15)12-7-3-4-8-12/h12H,2-11H2,1H3. The lowest BCUT2D eigenvalue weighted by molar-refractivity contribution is 0.247. The summed E-state index contributed by atoms with van der Waals surface area (Å²) >= 11 is 0. The lowest BCUT2D eigenvalue weighted by atomic mass is 9.77. The molecule has 2 saturated carbocycles. The third kappa shape index (κ3) is 2.79. The van der Waals surface area contributed by atoms with Crippen molar-refractivity contribution in [2.45, 2.75) is 70.0 Å². The van der Waals surface area contributed by atoms with Crippen molar-refractivity contribution in [2.75, 3.05) is 5.75 Å². The average Bonchev–Trinajstić information content (AvgIpc) is 2.70. The number of rotatable bonds is 3. The van der Waals surface area contributed by atoms with Gasteiger partial charge < -0.3 is 0 Å². The van der Waals surface area contributed by atoms with Crippen LogP contribution in [0.1, 0.15) is 64.7 Å². The van der Waals surface area contributed by atoms with E-state index in [-0.39, 0.29) is 10.7 Å². The van der Waals surface area contributed by atoms with Crippen molar-refractivity contribution in [3.63, 3.8) is 0 Å². The van der Waals surface area contributed by atoms with Gasteiger partial charge in [-0.25, -0.2) is 8.42 Å². The molecular formula is C13H24O2S. The van der Waals surface area contributed by atoms with Gasteiger partial charge in [-0.1, -0.05) is 39.0 Å². The summed E-state index contributed by atoms with van der Waals surface area (Å²) < 4.78 is 24.6. The first-order valence-electron chi connectivity index (χ1n) is 6.73. The smallest absolute Gasteiger partial charge is 0.153 e. The summed E-state index contributed by atoms with van der Waals surface area (Å²) in [5, 5.41) is -0.00810. The van der Waals surface area contributed by atoms with Gasteiger partial charge in [-0.2, -0.15) is 0 Å². The van der Waals surface area contributed by atoms with Gasteiger partial charge in [0, 0.05) is 0 Å². The van der Waals surface area contributed by atoms with Crippen LogP contribution in [0.4, 0.5) is 0 Å². The van der Waals surface area contributed by atoms with E-state index >= 15 is 0 Å². The molecule has 0 aliphatic heterocycles. The normalized spacial score (nSPS) is 27.1. The molecular weight excluding hydrogens is 220 g/mol. The molecule has 0 aromatic heterocycles. The van der Waals surface area contributed by atoms with Crippen LogP contribution >= 0.6 is 0 Å². The monoisotopic (exact) mass is 244 g/mol. The molecule has 0 bridgehead atoms. The maximum absolute atomic E-state index is 12.3. The van der Waals surface area contributed by atoms with E-state index in [1.807, 2.05) is 0 Å². The fourth-order valence-electron chi connectivity index (χ4n) is 3.40. The minimum Gasteiger partial charge on any atom is -0.229 e. The SMILES string of the molecule is CC1(CS(=O)(=O)C2CCCC2)CCCCC1. The summed E-state index contributed by atoms with van der Waals surface area (Å²) in [4.78, 5) is 0. The van der Waals surface area contributed by atoms with E-state index < -0.39 is 9.84 Å². The van der Waals surface area contributed by atoms with Crippen molar-refractivity contribution in [3.05, 3.63) is 0 Å². The van der Waals surface area contributed by atoms with E-state index in [1.54, 1.807) is 0 Å². The van der Waals surface area contributed by atoms with Crippen molar-refractivity contribution in [1.82, 2.24) is 0 Å². The third-order valence-electron chi connectivity index (χ3n) is 4.42. The summed E-state index contributed by atoms with van der Waals surface area (Å²) in [6, 6.07) is 0. The fraction of sp³-hybridized carbons (Fsp3) is 1.00. The summed E-state index contributed by atoms with van der Waals surface area (Å²) in [5.41, 5.74) is 0.0830. The van der Waals surface area contributed by atoms with E-state index in [4.69, 9.17) is 0 Å². The minimum absolute atomic E-state index is 0.00810. The van der Waals surface area contributed by atoms with Crippen LogP contribution in [0, 0.1) is 5.41 Å². The molecule has 0 atom stereocenters. The summed E-state index contributed by atoms with van der Waals surface area (Å²) in [6.45, 7) is 2.18. The lowest BCUT2D eigenvalue weighted by Crippen LogP contribution is -2.33. The van der Waals surface area contributed by atoms with Crippen LogP contribution in [0.5, 0.6) is 0 Å². The second-order valence-corrected chi connectivity index (χ2v) is 8.37. The van der Waals surface area contributed by atoms with Crippen LogP contribution in [0.2, 0.25) is 0 Å². The Kier molecular flexibility index (Phi) is 3.62. The molecule has 2 fully saturated rings. The molecule has 3 heteroatoms. The van der Waals surface area contributed by atoms with Gasteiger partial charge in [-0.15, -0.1) is 0 Å². The molecule has 94 valence electrons. The Morgan fingerprint density at radius 1 is 1.00 bits per heavy atom. The van der Waals surface area contributed by atoms with Crippen molar-refractivity contribution in [2.24, 2.45) is 5.41 Å². The highest BCUT2D eigenvalue weighted by atomic mass is 32.2. The fourth-order valence-corrected chi connectivity index (χ4v) is 5.95. The molecule has 2 aliphatic carbocycles. The summed E-state index contributed by atoms with van der Waals surface area (Å²) in [6.07, 6.45) is 10.0. The van der Waals surface area contributed by atoms with Gasteiger partial charge in [0.25, 0.3) is 0 Å². The van der Waals surface area contributed by atoms with Crippen molar-refractivity contribution in [3.8, 4) is 0 Å². The van der Waals surface area contributed by atoms with Crippen LogP contribution in [0.15, 0.2) is 0 Å². The second kappa shape index (κ2) is 4.67. The van der Waals surface area contributed by atoms with Gasteiger partial charge in [0.1, 0.15) is 0 Å². The predicted octanol–water partition coefficient (Wildman–Crippen LogP) is 3.31. The Morgan fingerprint density at radius 2 is 1.56 bits per heavy atom. The predicted molar refractivity (Wildman–Crippen MR) is 67.2 cm³/mol. The Hall–Kier alpha value is -0.0500. The van der Waals surface area contributed by atoms with Gasteiger partial charge in [0.15, 0.2) is 9.84 Å². The van der Waals surface area contributed by atoms with Crippen molar-refractivity contribution < 1.29 is 8.42 Å². The Labute approximate surface area is 99.7 Å². The van der Waals surface area contributed by atoms with Gasteiger partial charge in [-0.3, -0.25) is 0 Å². The van der Waals surface area contributed by atoms with E-state index in [9.17, 15) is 8.42 Å². The highest BCUT2D eigenvalue weighted by Gasteiger charge is 2.37. The molecule has 0 heterocycles. The molecule has 2 aliphatic rings. The minimum atomic E-state index is -2.82. The Balaban J connectivity index is 2.01. The maximum Gasteiger partial charge on any atom is 0.153 e. The molecule has 0 radical (unpaired) electrons. The lowest BCUT2D eigenvalue weighted by Gasteiger charge is -2.34. The van der Waals surface area contributed by atoms with Gasteiger partial charge >= 0.3 is 0 Å². The molecule has 2 nitrogen and oxygen atoms in total. The zero-order valence-electron chi connectivity index (χ0n) is 10.4. The first-order valence-corrected chi connectivity index (χ1v) is 8.45. The van der Waals surface area contributed by atoms with Crippen LogP contribution in [-0.2, 0) is 9.84 Å². The average molecular weight is 244 g/mol. The first-order chi connectivity index (χ1) is 7.52. The van der Waals surface area contributed by atoms with E-state index in [2.05, 4.69) is 6.92 Å². The van der Waals surface area contributed by atoms with E-state index in [1.165, 1.54) is 19.3 Å². The molecule has 0 unspecified atom stereocenters. The van der Waals surface area contributed by atoms with Crippen LogP contribution in [-0.4, -0.2) is 19.4 Å². The quantitative estimate of drug-likeness (QED) is 0.763. The summed E-state index contributed by atoms with van der Waals surface area (Å²) in [7, 11) is -2.82. The van der Waals surface area contributed by atoms with Gasteiger partial charge in [-0.05, 0) is 31.1 Å². The van der Waals surface area contributed by atoms with Crippen LogP contribution in [0.3, 0.4) is 0 Å². The van der Waals surface area contributed by atoms with Crippen LogP contribution in [0.25, 0.3) is 0 Å². The molecule has 0 aromatic carbocycles. The zero-order chi connectivity index (χ0) is 11.6. The first kappa shape index (κ1) is 12.4. The molecule has 16 heavy (non-hydrogen) atoms. The molecule has 0 aromatic rings. The van der Waals surface area contributed by atoms with E-state index in [0.717, 1.165) is 38.5 Å². The third-order valence-corrected chi connectivity index (χ3v) is 7.01. The second-order valence-electron chi connectivity index (χ2n) is 6.08. The van der Waals surface area contributed by atoms with Crippen molar-refractivity contribution >= 4 is 9.84 Å². The number of hydrogen-bond acceptors (Lipinski definition) is 2. The largest absolute Gasteiger partial charge is 0.229 e. The molecule has 0 N–H and O–H groups in total. The van der Waals surface area contributed by atoms with E-state index in [0.29, 0.717) is 5.75 Å². The van der Waals surface area contributed by atoms with Crippen molar-refractivity contribution in [1.29, 1.82) is 0 Å². The molecule has 0 amide bonds. The Morgan fingerprint density at radius 3 is 2.12 bits per heavy atom. The molecule has 0 saturated heterocycles. The zero-order valence-corrected chi connectivity index (χ0v) is 11.2. The van der Waals surface area contributed by atoms with Gasteiger partial charge in [0.05, 0.1) is 11.0 Å². The molecule has 2 rings (SSSR count). The number of sulfone groups is 1. The van der Waals surface area contributed by atoms with Gasteiger partial charge in [0.2, 0.25) is 0 Å². The number of hydrogen-bond donors (Lipinski definition) is 0. The topological polar surface area (TPSA) is 34.1 Å². The summed E-state index contributed by atoms with van der Waals surface area (Å²) in [5.74, 6) is 0.449. The van der Waals surface area contributed by atoms with Crippen LogP contribution < -0.4 is 0 Å².